The third-order valence-corrected chi connectivity index (χ3v) is 2.75. The number of aromatic nitrogens is 2. The van der Waals surface area contributed by atoms with Crippen LogP contribution in [0.1, 0.15) is 20.8 Å². The molecule has 0 radical (unpaired) electrons. The first-order valence-corrected chi connectivity index (χ1v) is 5.69. The van der Waals surface area contributed by atoms with Gasteiger partial charge in [-0.25, -0.2) is 4.79 Å². The van der Waals surface area contributed by atoms with E-state index >= 15 is 0 Å². The van der Waals surface area contributed by atoms with Crippen molar-refractivity contribution in [3.8, 4) is 0 Å². The average molecular weight is 280 g/mol. The molecule has 2 aromatic rings. The SMILES string of the molecule is Cn1nccc1C(=O)Nc1cc(Cl)ccc1C(=O)O. The molecule has 7 heteroatoms. The Bertz CT molecular complexity index is 651. The van der Waals surface area contributed by atoms with Crippen LogP contribution in [0.4, 0.5) is 5.69 Å². The molecule has 0 unspecified atom stereocenters. The van der Waals surface area contributed by atoms with Crippen molar-refractivity contribution in [1.82, 2.24) is 9.78 Å². The van der Waals surface area contributed by atoms with Crippen LogP contribution >= 0.6 is 11.6 Å². The molecule has 0 atom stereocenters. The van der Waals surface area contributed by atoms with Gasteiger partial charge in [0, 0.05) is 18.3 Å². The van der Waals surface area contributed by atoms with Gasteiger partial charge in [-0.3, -0.25) is 9.48 Å². The smallest absolute Gasteiger partial charge is 0.337 e. The number of aryl methyl sites for hydroxylation is 1. The van der Waals surface area contributed by atoms with Gasteiger partial charge in [0.05, 0.1) is 11.3 Å². The van der Waals surface area contributed by atoms with Gasteiger partial charge in [0.1, 0.15) is 5.69 Å². The van der Waals surface area contributed by atoms with E-state index in [-0.39, 0.29) is 11.3 Å². The summed E-state index contributed by atoms with van der Waals surface area (Å²) in [5, 5.41) is 15.8. The summed E-state index contributed by atoms with van der Waals surface area (Å²) in [6.45, 7) is 0. The maximum atomic E-state index is 12.0. The second-order valence-electron chi connectivity index (χ2n) is 3.79. The molecule has 0 spiro atoms. The van der Waals surface area contributed by atoms with Gasteiger partial charge in [-0.15, -0.1) is 0 Å². The molecule has 1 aromatic carbocycles. The highest BCUT2D eigenvalue weighted by atomic mass is 35.5. The number of carbonyl (C=O) groups excluding carboxylic acids is 1. The standard InChI is InChI=1S/C12H10ClN3O3/c1-16-10(4-5-14-16)11(17)15-9-6-7(13)2-3-8(9)12(18)19/h2-6H,1H3,(H,15,17)(H,18,19). The summed E-state index contributed by atoms with van der Waals surface area (Å²) in [5.74, 6) is -1.60. The van der Waals surface area contributed by atoms with E-state index in [0.29, 0.717) is 10.7 Å². The van der Waals surface area contributed by atoms with Crippen LogP contribution in [0.2, 0.25) is 5.02 Å². The molecule has 0 fully saturated rings. The first-order valence-electron chi connectivity index (χ1n) is 5.31. The highest BCUT2D eigenvalue weighted by molar-refractivity contribution is 6.31. The van der Waals surface area contributed by atoms with Crippen LogP contribution in [0.3, 0.4) is 0 Å². The average Bonchev–Trinajstić information content (AvgIpc) is 2.75. The van der Waals surface area contributed by atoms with E-state index in [2.05, 4.69) is 10.4 Å². The fraction of sp³-hybridized carbons (Fsp3) is 0.0833. The van der Waals surface area contributed by atoms with Crippen molar-refractivity contribution in [2.75, 3.05) is 5.32 Å². The highest BCUT2D eigenvalue weighted by Crippen LogP contribution is 2.21. The lowest BCUT2D eigenvalue weighted by molar-refractivity contribution is 0.0698. The topological polar surface area (TPSA) is 84.2 Å². The van der Waals surface area contributed by atoms with Gasteiger partial charge in [0.2, 0.25) is 0 Å². The highest BCUT2D eigenvalue weighted by Gasteiger charge is 2.15. The molecule has 0 aliphatic carbocycles. The first kappa shape index (κ1) is 13.1. The molecule has 0 bridgehead atoms. The number of carboxylic acids is 1. The minimum Gasteiger partial charge on any atom is -0.478 e. The zero-order chi connectivity index (χ0) is 14.0. The van der Waals surface area contributed by atoms with Gasteiger partial charge in [-0.2, -0.15) is 5.10 Å². The Labute approximate surface area is 113 Å². The number of carbonyl (C=O) groups is 2. The van der Waals surface area contributed by atoms with E-state index in [1.165, 1.54) is 35.1 Å². The number of nitrogens with zero attached hydrogens (tertiary/aromatic N) is 2. The maximum absolute atomic E-state index is 12.0. The van der Waals surface area contributed by atoms with Gasteiger partial charge < -0.3 is 10.4 Å². The second-order valence-corrected chi connectivity index (χ2v) is 4.23. The van der Waals surface area contributed by atoms with Crippen molar-refractivity contribution < 1.29 is 14.7 Å². The summed E-state index contributed by atoms with van der Waals surface area (Å²) < 4.78 is 1.39. The molecule has 6 nitrogen and oxygen atoms in total. The third kappa shape index (κ3) is 2.74. The van der Waals surface area contributed by atoms with Crippen LogP contribution in [-0.4, -0.2) is 26.8 Å². The molecule has 1 heterocycles. The van der Waals surface area contributed by atoms with Gasteiger partial charge in [0.15, 0.2) is 0 Å². The monoisotopic (exact) mass is 279 g/mol. The zero-order valence-corrected chi connectivity index (χ0v) is 10.7. The molecular weight excluding hydrogens is 270 g/mol. The first-order chi connectivity index (χ1) is 8.99. The number of halogens is 1. The lowest BCUT2D eigenvalue weighted by Crippen LogP contribution is -2.18. The number of nitrogens with one attached hydrogen (secondary N) is 1. The Hall–Kier alpha value is -2.34. The molecule has 1 aromatic heterocycles. The fourth-order valence-corrected chi connectivity index (χ4v) is 1.76. The Balaban J connectivity index is 2.33. The maximum Gasteiger partial charge on any atom is 0.337 e. The van der Waals surface area contributed by atoms with Gasteiger partial charge in [-0.1, -0.05) is 11.6 Å². The van der Waals surface area contributed by atoms with Crippen LogP contribution in [0.15, 0.2) is 30.5 Å². The Kier molecular flexibility index (Phi) is 3.52. The molecule has 2 rings (SSSR count). The summed E-state index contributed by atoms with van der Waals surface area (Å²) >= 11 is 5.80. The normalized spacial score (nSPS) is 10.2. The van der Waals surface area contributed by atoms with Crippen molar-refractivity contribution >= 4 is 29.2 Å². The predicted molar refractivity (Wildman–Crippen MR) is 69.6 cm³/mol. The number of rotatable bonds is 3. The number of hydrogen-bond donors (Lipinski definition) is 2. The van der Waals surface area contributed by atoms with Crippen LogP contribution in [-0.2, 0) is 7.05 Å². The zero-order valence-electron chi connectivity index (χ0n) is 9.92. The van der Waals surface area contributed by atoms with Crippen molar-refractivity contribution in [1.29, 1.82) is 0 Å². The molecular formula is C12H10ClN3O3. The van der Waals surface area contributed by atoms with Crippen LogP contribution in [0.25, 0.3) is 0 Å². The van der Waals surface area contributed by atoms with E-state index in [4.69, 9.17) is 16.7 Å². The molecule has 0 aliphatic heterocycles. The van der Waals surface area contributed by atoms with E-state index in [0.717, 1.165) is 0 Å². The molecule has 0 saturated heterocycles. The van der Waals surface area contributed by atoms with Gasteiger partial charge >= 0.3 is 5.97 Å². The summed E-state index contributed by atoms with van der Waals surface area (Å²) in [6.07, 6.45) is 1.48. The Morgan fingerprint density at radius 2 is 2.11 bits per heavy atom. The molecule has 1 amide bonds. The number of benzene rings is 1. The molecule has 98 valence electrons. The number of anilines is 1. The van der Waals surface area contributed by atoms with Crippen LogP contribution in [0, 0.1) is 0 Å². The number of amides is 1. The van der Waals surface area contributed by atoms with Crippen molar-refractivity contribution in [2.24, 2.45) is 7.05 Å². The number of carboxylic acid groups (broad SMARTS) is 1. The molecule has 0 saturated carbocycles. The summed E-state index contributed by atoms with van der Waals surface area (Å²) in [4.78, 5) is 23.0. The largest absolute Gasteiger partial charge is 0.478 e. The van der Waals surface area contributed by atoms with E-state index in [1.807, 2.05) is 0 Å². The summed E-state index contributed by atoms with van der Waals surface area (Å²) in [5.41, 5.74) is 0.433. The summed E-state index contributed by atoms with van der Waals surface area (Å²) in [6, 6.07) is 5.70. The van der Waals surface area contributed by atoms with Crippen molar-refractivity contribution in [3.63, 3.8) is 0 Å². The fourth-order valence-electron chi connectivity index (χ4n) is 1.59. The lowest BCUT2D eigenvalue weighted by atomic mass is 10.1. The Morgan fingerprint density at radius 1 is 1.37 bits per heavy atom. The predicted octanol–water partition coefficient (Wildman–Crippen LogP) is 2.02. The minimum atomic E-state index is -1.14. The number of aromatic carboxylic acids is 1. The lowest BCUT2D eigenvalue weighted by Gasteiger charge is -2.09. The molecule has 19 heavy (non-hydrogen) atoms. The minimum absolute atomic E-state index is 0.0279. The van der Waals surface area contributed by atoms with Crippen LogP contribution < -0.4 is 5.32 Å². The van der Waals surface area contributed by atoms with Crippen molar-refractivity contribution in [2.45, 2.75) is 0 Å². The summed E-state index contributed by atoms with van der Waals surface area (Å²) in [7, 11) is 1.62. The second kappa shape index (κ2) is 5.11. The van der Waals surface area contributed by atoms with Crippen molar-refractivity contribution in [3.05, 3.63) is 46.7 Å². The van der Waals surface area contributed by atoms with E-state index < -0.39 is 11.9 Å². The van der Waals surface area contributed by atoms with Gasteiger partial charge in [0.25, 0.3) is 5.91 Å². The van der Waals surface area contributed by atoms with E-state index in [9.17, 15) is 9.59 Å². The van der Waals surface area contributed by atoms with E-state index in [1.54, 1.807) is 7.05 Å². The molecule has 0 aliphatic rings. The van der Waals surface area contributed by atoms with Gasteiger partial charge in [-0.05, 0) is 24.3 Å². The number of hydrogen-bond acceptors (Lipinski definition) is 3. The third-order valence-electron chi connectivity index (χ3n) is 2.51. The quantitative estimate of drug-likeness (QED) is 0.900. The van der Waals surface area contributed by atoms with Crippen LogP contribution in [0.5, 0.6) is 0 Å². The molecule has 2 N–H and O–H groups in total. The Morgan fingerprint density at radius 3 is 2.68 bits per heavy atom.